The fourth-order valence-electron chi connectivity index (χ4n) is 1.87. The summed E-state index contributed by atoms with van der Waals surface area (Å²) in [4.78, 5) is 22.8. The van der Waals surface area contributed by atoms with Crippen LogP contribution in [-0.2, 0) is 11.2 Å². The van der Waals surface area contributed by atoms with E-state index < -0.39 is 0 Å². The Bertz CT molecular complexity index is 489. The fraction of sp³-hybridized carbons (Fsp3) is 0.429. The van der Waals surface area contributed by atoms with E-state index in [9.17, 15) is 9.59 Å². The molecule has 5 nitrogen and oxygen atoms in total. The van der Waals surface area contributed by atoms with Gasteiger partial charge in [-0.1, -0.05) is 28.1 Å². The number of hydrogen-bond acceptors (Lipinski definition) is 2. The van der Waals surface area contributed by atoms with Crippen molar-refractivity contribution in [2.45, 2.75) is 25.8 Å². The molecule has 1 rings (SSSR count). The second-order valence-corrected chi connectivity index (χ2v) is 6.09. The number of rotatable bonds is 5. The molecule has 3 N–H and O–H groups in total. The van der Waals surface area contributed by atoms with Crippen LogP contribution in [0, 0.1) is 0 Å². The summed E-state index contributed by atoms with van der Waals surface area (Å²) < 4.78 is 1.01. The highest BCUT2D eigenvalue weighted by molar-refractivity contribution is 9.10. The predicted molar refractivity (Wildman–Crippen MR) is 82.5 cm³/mol. The first kappa shape index (κ1) is 16.5. The minimum atomic E-state index is -0.387. The van der Waals surface area contributed by atoms with E-state index in [0.717, 1.165) is 10.0 Å². The average molecular weight is 342 g/mol. The van der Waals surface area contributed by atoms with Crippen molar-refractivity contribution in [2.75, 3.05) is 13.6 Å². The highest BCUT2D eigenvalue weighted by Gasteiger charge is 2.21. The summed E-state index contributed by atoms with van der Waals surface area (Å²) in [6.45, 7) is 3.86. The monoisotopic (exact) mass is 341 g/mol. The van der Waals surface area contributed by atoms with Gasteiger partial charge in [-0.2, -0.15) is 0 Å². The molecule has 0 aliphatic heterocycles. The summed E-state index contributed by atoms with van der Waals surface area (Å²) in [7, 11) is 1.50. The molecule has 0 aliphatic rings. The molecule has 110 valence electrons. The summed E-state index contributed by atoms with van der Waals surface area (Å²) in [5.74, 6) is -0.214. The van der Waals surface area contributed by atoms with Crippen LogP contribution in [0.5, 0.6) is 0 Å². The summed E-state index contributed by atoms with van der Waals surface area (Å²) in [5, 5.41) is 7.76. The molecule has 0 saturated heterocycles. The second kappa shape index (κ2) is 7.28. The lowest BCUT2D eigenvalue weighted by atomic mass is 9.95. The summed E-state index contributed by atoms with van der Waals surface area (Å²) in [6, 6.07) is 7.59. The molecule has 3 amide bonds. The van der Waals surface area contributed by atoms with E-state index in [1.807, 2.05) is 38.1 Å². The Morgan fingerprint density at radius 1 is 1.30 bits per heavy atom. The van der Waals surface area contributed by atoms with E-state index in [-0.39, 0.29) is 24.0 Å². The van der Waals surface area contributed by atoms with Crippen LogP contribution >= 0.6 is 15.9 Å². The first-order chi connectivity index (χ1) is 9.32. The molecule has 1 aromatic rings. The third-order valence-electron chi connectivity index (χ3n) is 2.65. The zero-order valence-electron chi connectivity index (χ0n) is 11.9. The minimum Gasteiger partial charge on any atom is -0.349 e. The van der Waals surface area contributed by atoms with Crippen LogP contribution in [0.15, 0.2) is 28.7 Å². The van der Waals surface area contributed by atoms with Gasteiger partial charge >= 0.3 is 6.03 Å². The van der Waals surface area contributed by atoms with Gasteiger partial charge in [0.15, 0.2) is 0 Å². The van der Waals surface area contributed by atoms with Crippen molar-refractivity contribution >= 4 is 27.9 Å². The smallest absolute Gasteiger partial charge is 0.314 e. The zero-order chi connectivity index (χ0) is 15.2. The molecule has 0 atom stereocenters. The molecule has 0 saturated carbocycles. The molecule has 20 heavy (non-hydrogen) atoms. The fourth-order valence-corrected chi connectivity index (χ4v) is 2.32. The normalized spacial score (nSPS) is 10.8. The molecular weight excluding hydrogens is 322 g/mol. The summed E-state index contributed by atoms with van der Waals surface area (Å²) in [5.41, 5.74) is 0.742. The number of benzene rings is 1. The van der Waals surface area contributed by atoms with E-state index in [1.165, 1.54) is 7.05 Å². The Balaban J connectivity index is 2.52. The average Bonchev–Trinajstić information content (AvgIpc) is 2.34. The highest BCUT2D eigenvalue weighted by Crippen LogP contribution is 2.17. The number of carbonyl (C=O) groups is 2. The van der Waals surface area contributed by atoms with Crippen LogP contribution in [0.2, 0.25) is 0 Å². The van der Waals surface area contributed by atoms with E-state index in [1.54, 1.807) is 0 Å². The molecule has 0 bridgehead atoms. The van der Waals surface area contributed by atoms with Crippen LogP contribution in [-0.4, -0.2) is 31.1 Å². The van der Waals surface area contributed by atoms with Gasteiger partial charge in [0, 0.05) is 17.1 Å². The molecule has 0 heterocycles. The van der Waals surface area contributed by atoms with E-state index in [2.05, 4.69) is 31.9 Å². The van der Waals surface area contributed by atoms with Gasteiger partial charge in [0.2, 0.25) is 5.91 Å². The number of hydrogen-bond donors (Lipinski definition) is 3. The zero-order valence-corrected chi connectivity index (χ0v) is 13.5. The van der Waals surface area contributed by atoms with Crippen molar-refractivity contribution in [1.29, 1.82) is 0 Å². The highest BCUT2D eigenvalue weighted by atomic mass is 79.9. The number of halogens is 1. The van der Waals surface area contributed by atoms with Gasteiger partial charge in [-0.25, -0.2) is 4.79 Å². The molecule has 0 radical (unpaired) electrons. The van der Waals surface area contributed by atoms with Crippen LogP contribution < -0.4 is 16.0 Å². The van der Waals surface area contributed by atoms with Crippen molar-refractivity contribution in [3.8, 4) is 0 Å². The van der Waals surface area contributed by atoms with Crippen molar-refractivity contribution in [1.82, 2.24) is 16.0 Å². The van der Waals surface area contributed by atoms with E-state index >= 15 is 0 Å². The van der Waals surface area contributed by atoms with E-state index in [0.29, 0.717) is 6.42 Å². The maximum absolute atomic E-state index is 11.8. The summed E-state index contributed by atoms with van der Waals surface area (Å²) in [6.07, 6.45) is 0.707. The topological polar surface area (TPSA) is 70.2 Å². The van der Waals surface area contributed by atoms with Crippen molar-refractivity contribution < 1.29 is 9.59 Å². The Kier molecular flexibility index (Phi) is 6.01. The van der Waals surface area contributed by atoms with E-state index in [4.69, 9.17) is 0 Å². The maximum Gasteiger partial charge on any atom is 0.314 e. The minimum absolute atomic E-state index is 0.0401. The van der Waals surface area contributed by atoms with Crippen LogP contribution in [0.3, 0.4) is 0 Å². The third kappa shape index (κ3) is 6.06. The largest absolute Gasteiger partial charge is 0.349 e. The Morgan fingerprint density at radius 3 is 2.60 bits per heavy atom. The Hall–Kier alpha value is -1.56. The van der Waals surface area contributed by atoms with Crippen LogP contribution in [0.1, 0.15) is 19.4 Å². The van der Waals surface area contributed by atoms with Gasteiger partial charge < -0.3 is 16.0 Å². The lowest BCUT2D eigenvalue weighted by Crippen LogP contribution is -2.49. The second-order valence-electron chi connectivity index (χ2n) is 5.17. The lowest BCUT2D eigenvalue weighted by molar-refractivity contribution is -0.121. The van der Waals surface area contributed by atoms with Crippen molar-refractivity contribution in [3.63, 3.8) is 0 Å². The molecule has 0 aliphatic carbocycles. The molecule has 0 spiro atoms. The van der Waals surface area contributed by atoms with Crippen molar-refractivity contribution in [3.05, 3.63) is 34.3 Å². The van der Waals surface area contributed by atoms with Crippen molar-refractivity contribution in [2.24, 2.45) is 0 Å². The number of nitrogens with one attached hydrogen (secondary N) is 3. The van der Waals surface area contributed by atoms with Gasteiger partial charge in [-0.3, -0.25) is 4.79 Å². The number of carbonyl (C=O) groups excluding carboxylic acids is 2. The summed E-state index contributed by atoms with van der Waals surface area (Å²) >= 11 is 3.43. The Labute approximate surface area is 127 Å². The third-order valence-corrected chi connectivity index (χ3v) is 3.14. The molecule has 1 aromatic carbocycles. The van der Waals surface area contributed by atoms with Gasteiger partial charge in [0.05, 0.1) is 6.54 Å². The maximum atomic E-state index is 11.8. The molecule has 6 heteroatoms. The molecule has 0 unspecified atom stereocenters. The quantitative estimate of drug-likeness (QED) is 0.764. The van der Waals surface area contributed by atoms with Crippen LogP contribution in [0.25, 0.3) is 0 Å². The predicted octanol–water partition coefficient (Wildman–Crippen LogP) is 1.82. The van der Waals surface area contributed by atoms with Gasteiger partial charge in [0.25, 0.3) is 0 Å². The molecule has 0 fully saturated rings. The SMILES string of the molecule is CNC(=O)NCC(=O)NC(C)(C)Cc1cccc(Br)c1. The van der Waals surface area contributed by atoms with Gasteiger partial charge in [0.1, 0.15) is 0 Å². The first-order valence-electron chi connectivity index (χ1n) is 6.33. The van der Waals surface area contributed by atoms with Gasteiger partial charge in [-0.15, -0.1) is 0 Å². The molecule has 0 aromatic heterocycles. The Morgan fingerprint density at radius 2 is 2.00 bits per heavy atom. The standard InChI is InChI=1S/C14H20BrN3O2/c1-14(2,8-10-5-4-6-11(15)7-10)18-12(19)9-17-13(20)16-3/h4-7H,8-9H2,1-3H3,(H,18,19)(H2,16,17,20). The molecular formula is C14H20BrN3O2. The first-order valence-corrected chi connectivity index (χ1v) is 7.13. The number of urea groups is 1. The van der Waals surface area contributed by atoms with Gasteiger partial charge in [-0.05, 0) is 38.0 Å². The van der Waals surface area contributed by atoms with Crippen LogP contribution in [0.4, 0.5) is 4.79 Å². The lowest BCUT2D eigenvalue weighted by Gasteiger charge is -2.26. The number of amides is 3.